The molecule has 306 valence electrons. The number of carbonyl (C=O) groups excluding carboxylic acids is 2. The van der Waals surface area contributed by atoms with Crippen molar-refractivity contribution in [1.82, 2.24) is 0 Å². The van der Waals surface area contributed by atoms with Gasteiger partial charge in [0.25, 0.3) is 0 Å². The lowest BCUT2D eigenvalue weighted by Crippen LogP contribution is -2.34. The highest BCUT2D eigenvalue weighted by molar-refractivity contribution is 7.47. The van der Waals surface area contributed by atoms with Crippen LogP contribution >= 0.6 is 7.82 Å². The lowest BCUT2D eigenvalue weighted by Gasteiger charge is -2.20. The number of hydrogen-bond donors (Lipinski definition) is 3. The van der Waals surface area contributed by atoms with Crippen LogP contribution in [0.5, 0.6) is 0 Å². The van der Waals surface area contributed by atoms with Crippen molar-refractivity contribution in [2.24, 2.45) is 5.73 Å². The number of esters is 2. The van der Waals surface area contributed by atoms with Crippen LogP contribution in [0.3, 0.4) is 0 Å². The first kappa shape index (κ1) is 50.4. The van der Waals surface area contributed by atoms with Crippen LogP contribution in [0.15, 0.2) is 48.6 Å². The molecule has 0 amide bonds. The van der Waals surface area contributed by atoms with Crippen LogP contribution in [-0.4, -0.2) is 59.9 Å². The Labute approximate surface area is 320 Å². The van der Waals surface area contributed by atoms with Crippen LogP contribution in [-0.2, 0) is 37.5 Å². The van der Waals surface area contributed by atoms with Gasteiger partial charge in [0.1, 0.15) is 12.6 Å². The van der Waals surface area contributed by atoms with Gasteiger partial charge in [-0.25, -0.2) is 4.57 Å². The maximum absolute atomic E-state index is 12.6. The third kappa shape index (κ3) is 36.2. The number of hydrogen-bond acceptors (Lipinski definition) is 9. The second-order valence-electron chi connectivity index (χ2n) is 13.4. The summed E-state index contributed by atoms with van der Waals surface area (Å²) < 4.78 is 32.5. The zero-order chi connectivity index (χ0) is 39.3. The van der Waals surface area contributed by atoms with Crippen molar-refractivity contribution < 1.29 is 47.5 Å². The van der Waals surface area contributed by atoms with Crippen molar-refractivity contribution in [2.45, 2.75) is 174 Å². The molecule has 0 aliphatic heterocycles. The van der Waals surface area contributed by atoms with Crippen molar-refractivity contribution in [1.29, 1.82) is 0 Å². The van der Waals surface area contributed by atoms with Crippen LogP contribution in [0, 0.1) is 0 Å². The van der Waals surface area contributed by atoms with E-state index in [0.29, 0.717) is 19.3 Å². The van der Waals surface area contributed by atoms with E-state index in [1.807, 2.05) is 12.2 Å². The molecule has 11 nitrogen and oxygen atoms in total. The molecule has 0 rings (SSSR count). The van der Waals surface area contributed by atoms with Gasteiger partial charge in [-0.15, -0.1) is 0 Å². The van der Waals surface area contributed by atoms with Crippen LogP contribution < -0.4 is 5.73 Å². The first-order chi connectivity index (χ1) is 25.6. The van der Waals surface area contributed by atoms with Crippen molar-refractivity contribution in [3.05, 3.63) is 48.6 Å². The summed E-state index contributed by atoms with van der Waals surface area (Å²) >= 11 is 0. The topological polar surface area (TPSA) is 172 Å². The summed E-state index contributed by atoms with van der Waals surface area (Å²) in [6.45, 7) is 2.70. The smallest absolute Gasteiger partial charge is 0.472 e. The summed E-state index contributed by atoms with van der Waals surface area (Å²) in [5.74, 6) is -2.45. The van der Waals surface area contributed by atoms with E-state index < -0.39 is 51.1 Å². The first-order valence-corrected chi connectivity index (χ1v) is 21.7. The maximum atomic E-state index is 12.6. The first-order valence-electron chi connectivity index (χ1n) is 20.2. The molecule has 0 saturated carbocycles. The van der Waals surface area contributed by atoms with Crippen LogP contribution in [0.1, 0.15) is 162 Å². The number of ether oxygens (including phenoxy) is 2. The number of aliphatic carboxylic acids is 1. The number of nitrogens with two attached hydrogens (primary N) is 1. The third-order valence-electron chi connectivity index (χ3n) is 8.33. The molecular weight excluding hydrogens is 697 g/mol. The van der Waals surface area contributed by atoms with Crippen LogP contribution in [0.25, 0.3) is 0 Å². The van der Waals surface area contributed by atoms with E-state index in [1.165, 1.54) is 70.6 Å². The van der Waals surface area contributed by atoms with Gasteiger partial charge < -0.3 is 25.2 Å². The molecule has 0 bridgehead atoms. The predicted octanol–water partition coefficient (Wildman–Crippen LogP) is 10.2. The molecule has 53 heavy (non-hydrogen) atoms. The molecule has 0 aliphatic rings. The van der Waals surface area contributed by atoms with E-state index in [-0.39, 0.29) is 19.4 Å². The fourth-order valence-corrected chi connectivity index (χ4v) is 5.89. The quantitative estimate of drug-likeness (QED) is 0.0238. The van der Waals surface area contributed by atoms with E-state index in [0.717, 1.165) is 44.9 Å². The highest BCUT2D eigenvalue weighted by Gasteiger charge is 2.28. The molecule has 1 unspecified atom stereocenters. The summed E-state index contributed by atoms with van der Waals surface area (Å²) in [5, 5.41) is 8.86. The Morgan fingerprint density at radius 1 is 0.585 bits per heavy atom. The van der Waals surface area contributed by atoms with Crippen molar-refractivity contribution in [3.63, 3.8) is 0 Å². The van der Waals surface area contributed by atoms with Gasteiger partial charge in [-0.2, -0.15) is 0 Å². The van der Waals surface area contributed by atoms with E-state index in [9.17, 15) is 23.8 Å². The zero-order valence-corrected chi connectivity index (χ0v) is 33.7. The number of rotatable bonds is 37. The Hall–Kier alpha value is -2.56. The van der Waals surface area contributed by atoms with Gasteiger partial charge in [0.15, 0.2) is 6.10 Å². The molecule has 3 atom stereocenters. The molecule has 0 aromatic carbocycles. The number of phosphoric ester groups is 1. The molecule has 0 saturated heterocycles. The zero-order valence-electron chi connectivity index (χ0n) is 32.8. The average molecular weight is 770 g/mol. The van der Waals surface area contributed by atoms with E-state index in [4.69, 9.17) is 24.8 Å². The third-order valence-corrected chi connectivity index (χ3v) is 9.28. The Bertz CT molecular complexity index is 1090. The minimum absolute atomic E-state index is 0.0854. The number of carboxylic acids is 1. The summed E-state index contributed by atoms with van der Waals surface area (Å²) in [6, 6.07) is -1.53. The van der Waals surface area contributed by atoms with E-state index >= 15 is 0 Å². The molecule has 0 fully saturated rings. The Morgan fingerprint density at radius 3 is 1.55 bits per heavy atom. The molecule has 0 aromatic rings. The monoisotopic (exact) mass is 769 g/mol. The van der Waals surface area contributed by atoms with Gasteiger partial charge in [0, 0.05) is 12.8 Å². The number of carbonyl (C=O) groups is 3. The number of phosphoric acid groups is 1. The summed E-state index contributed by atoms with van der Waals surface area (Å²) in [4.78, 5) is 45.8. The minimum atomic E-state index is -4.73. The van der Waals surface area contributed by atoms with Crippen molar-refractivity contribution in [3.8, 4) is 0 Å². The second kappa shape index (κ2) is 36.4. The Kier molecular flexibility index (Phi) is 34.7. The van der Waals surface area contributed by atoms with Gasteiger partial charge in [0.05, 0.1) is 13.2 Å². The fourth-order valence-electron chi connectivity index (χ4n) is 5.11. The van der Waals surface area contributed by atoms with Crippen LogP contribution in [0.2, 0.25) is 0 Å². The molecular formula is C41H72NO10P. The summed E-state index contributed by atoms with van der Waals surface area (Å²) in [7, 11) is -4.73. The minimum Gasteiger partial charge on any atom is -0.480 e. The molecule has 0 aromatic heterocycles. The standard InChI is InChI=1S/C41H72NO10P/c1-3-5-7-9-11-13-15-17-18-19-20-21-23-25-27-29-31-33-40(44)52-37(35-50-53(47,48)51-36-38(42)41(45)46)34-49-39(43)32-30-28-26-24-22-16-14-12-10-8-6-4-2/h11,13,17-18,20-21,25,27,37-38H,3-10,12,14-16,19,22-24,26,28-36,42H2,1-2H3,(H,45,46)(H,47,48)/b13-11+,18-17+,21-20+,27-25+/t37-,38+/m1/s1. The molecule has 0 heterocycles. The highest BCUT2D eigenvalue weighted by Crippen LogP contribution is 2.43. The lowest BCUT2D eigenvalue weighted by molar-refractivity contribution is -0.161. The molecule has 4 N–H and O–H groups in total. The summed E-state index contributed by atoms with van der Waals surface area (Å²) in [6.07, 6.45) is 39.0. The normalized spacial score (nSPS) is 14.3. The largest absolute Gasteiger partial charge is 0.480 e. The molecule has 0 radical (unpaired) electrons. The van der Waals surface area contributed by atoms with Gasteiger partial charge in [0.2, 0.25) is 0 Å². The van der Waals surface area contributed by atoms with Crippen molar-refractivity contribution >= 4 is 25.7 Å². The van der Waals surface area contributed by atoms with Gasteiger partial charge in [-0.05, 0) is 51.4 Å². The fraction of sp³-hybridized carbons (Fsp3) is 0.732. The molecule has 12 heteroatoms. The highest BCUT2D eigenvalue weighted by atomic mass is 31.2. The van der Waals surface area contributed by atoms with E-state index in [2.05, 4.69) is 54.8 Å². The number of carboxylic acid groups (broad SMARTS) is 1. The summed E-state index contributed by atoms with van der Waals surface area (Å²) in [5.41, 5.74) is 5.32. The van der Waals surface area contributed by atoms with Gasteiger partial charge >= 0.3 is 25.7 Å². The van der Waals surface area contributed by atoms with Crippen molar-refractivity contribution in [2.75, 3.05) is 19.8 Å². The SMILES string of the molecule is CCCCC/C=C/C/C=C/C/C=C/C/C=C/CCCC(=O)O[C@H](COC(=O)CCCCCCCCCCCCCC)COP(=O)(O)OC[C@H](N)C(=O)O. The Balaban J connectivity index is 4.52. The average Bonchev–Trinajstić information content (AvgIpc) is 3.13. The molecule has 0 aliphatic carbocycles. The lowest BCUT2D eigenvalue weighted by atomic mass is 10.0. The molecule has 0 spiro atoms. The second-order valence-corrected chi connectivity index (χ2v) is 14.9. The maximum Gasteiger partial charge on any atom is 0.472 e. The van der Waals surface area contributed by atoms with Crippen LogP contribution in [0.4, 0.5) is 0 Å². The number of unbranched alkanes of at least 4 members (excludes halogenated alkanes) is 15. The van der Waals surface area contributed by atoms with E-state index in [1.54, 1.807) is 0 Å². The Morgan fingerprint density at radius 2 is 1.02 bits per heavy atom. The predicted molar refractivity (Wildman–Crippen MR) is 212 cm³/mol. The van der Waals surface area contributed by atoms with Gasteiger partial charge in [-0.1, -0.05) is 146 Å². The van der Waals surface area contributed by atoms with Gasteiger partial charge in [-0.3, -0.25) is 23.4 Å². The number of allylic oxidation sites excluding steroid dienone is 8.